The van der Waals surface area contributed by atoms with Crippen molar-refractivity contribution in [3.63, 3.8) is 0 Å². The van der Waals surface area contributed by atoms with Gasteiger partial charge in [0.05, 0.1) is 17.4 Å². The van der Waals surface area contributed by atoms with Gasteiger partial charge in [-0.1, -0.05) is 0 Å². The van der Waals surface area contributed by atoms with Crippen LogP contribution in [0.3, 0.4) is 0 Å². The second kappa shape index (κ2) is 4.24. The molecule has 0 spiro atoms. The number of benzene rings is 1. The van der Waals surface area contributed by atoms with Crippen LogP contribution in [0.5, 0.6) is 0 Å². The summed E-state index contributed by atoms with van der Waals surface area (Å²) in [6.45, 7) is 0. The number of fused-ring (bicyclic) bond motifs is 1. The van der Waals surface area contributed by atoms with E-state index >= 15 is 0 Å². The van der Waals surface area contributed by atoms with Crippen LogP contribution in [0.2, 0.25) is 0 Å². The maximum atomic E-state index is 11.4. The molecule has 18 heavy (non-hydrogen) atoms. The Morgan fingerprint density at radius 2 is 2.06 bits per heavy atom. The Morgan fingerprint density at radius 3 is 2.83 bits per heavy atom. The minimum Gasteiger partial charge on any atom is -0.316 e. The molecule has 0 aliphatic rings. The summed E-state index contributed by atoms with van der Waals surface area (Å²) in [5.74, 6) is 0. The smallest absolute Gasteiger partial charge is 0.250 e. The number of hydrogen-bond acceptors (Lipinski definition) is 2. The molecule has 0 saturated carbocycles. The minimum atomic E-state index is -0.0234. The van der Waals surface area contributed by atoms with Crippen LogP contribution in [0.25, 0.3) is 16.6 Å². The first-order valence-electron chi connectivity index (χ1n) is 5.45. The number of halogens is 1. The van der Waals surface area contributed by atoms with E-state index < -0.39 is 0 Å². The fourth-order valence-corrected chi connectivity index (χ4v) is 2.43. The van der Waals surface area contributed by atoms with Gasteiger partial charge in [-0.05, 0) is 46.9 Å². The first-order valence-corrected chi connectivity index (χ1v) is 6.53. The van der Waals surface area contributed by atoms with E-state index in [0.717, 1.165) is 16.6 Å². The Kier molecular flexibility index (Phi) is 2.70. The summed E-state index contributed by atoms with van der Waals surface area (Å²) < 4.78 is 4.57. The maximum absolute atomic E-state index is 11.4. The van der Waals surface area contributed by atoms with Crippen LogP contribution in [0.1, 0.15) is 0 Å². The van der Waals surface area contributed by atoms with Gasteiger partial charge in [-0.3, -0.25) is 4.79 Å². The van der Waals surface area contributed by atoms with Crippen molar-refractivity contribution in [3.05, 3.63) is 56.6 Å². The van der Waals surface area contributed by atoms with Crippen molar-refractivity contribution in [1.82, 2.24) is 14.3 Å². The van der Waals surface area contributed by atoms with Crippen molar-refractivity contribution in [1.29, 1.82) is 0 Å². The lowest BCUT2D eigenvalue weighted by Crippen LogP contribution is -2.15. The lowest BCUT2D eigenvalue weighted by atomic mass is 10.2. The Labute approximate surface area is 117 Å². The SMILES string of the molecule is Cn1cc(-n2ncc3cc(I)ccc32)ccc1=O. The van der Waals surface area contributed by atoms with Crippen LogP contribution < -0.4 is 5.56 Å². The van der Waals surface area contributed by atoms with Gasteiger partial charge in [0.2, 0.25) is 5.56 Å². The minimum absolute atomic E-state index is 0.0234. The molecule has 0 N–H and O–H groups in total. The Hall–Kier alpha value is -1.63. The van der Waals surface area contributed by atoms with Crippen LogP contribution >= 0.6 is 22.6 Å². The highest BCUT2D eigenvalue weighted by Crippen LogP contribution is 2.19. The number of aryl methyl sites for hydroxylation is 1. The topological polar surface area (TPSA) is 39.8 Å². The zero-order chi connectivity index (χ0) is 12.7. The Bertz CT molecular complexity index is 788. The predicted octanol–water partition coefficient (Wildman–Crippen LogP) is 2.33. The summed E-state index contributed by atoms with van der Waals surface area (Å²) in [7, 11) is 1.74. The van der Waals surface area contributed by atoms with Gasteiger partial charge in [0.15, 0.2) is 0 Å². The van der Waals surface area contributed by atoms with Crippen molar-refractivity contribution < 1.29 is 0 Å². The zero-order valence-electron chi connectivity index (χ0n) is 9.67. The Balaban J connectivity index is 2.25. The van der Waals surface area contributed by atoms with Gasteiger partial charge in [0.25, 0.3) is 0 Å². The van der Waals surface area contributed by atoms with E-state index in [1.165, 1.54) is 3.57 Å². The van der Waals surface area contributed by atoms with E-state index in [-0.39, 0.29) is 5.56 Å². The third-order valence-electron chi connectivity index (χ3n) is 2.84. The molecule has 0 amide bonds. The van der Waals surface area contributed by atoms with Crippen molar-refractivity contribution in [2.24, 2.45) is 7.05 Å². The van der Waals surface area contributed by atoms with Gasteiger partial charge >= 0.3 is 0 Å². The van der Waals surface area contributed by atoms with Gasteiger partial charge in [0.1, 0.15) is 0 Å². The van der Waals surface area contributed by atoms with Crippen LogP contribution in [0, 0.1) is 3.57 Å². The summed E-state index contributed by atoms with van der Waals surface area (Å²) in [6.07, 6.45) is 3.62. The molecule has 2 aromatic heterocycles. The van der Waals surface area contributed by atoms with E-state index in [2.05, 4.69) is 33.8 Å². The maximum Gasteiger partial charge on any atom is 0.250 e. The summed E-state index contributed by atoms with van der Waals surface area (Å²) >= 11 is 2.28. The van der Waals surface area contributed by atoms with Gasteiger partial charge in [-0.15, -0.1) is 0 Å². The molecular formula is C13H10IN3O. The summed E-state index contributed by atoms with van der Waals surface area (Å²) in [5.41, 5.74) is 1.90. The Morgan fingerprint density at radius 1 is 1.22 bits per heavy atom. The third kappa shape index (κ3) is 1.84. The zero-order valence-corrected chi connectivity index (χ0v) is 11.8. The van der Waals surface area contributed by atoms with Crippen molar-refractivity contribution in [3.8, 4) is 5.69 Å². The molecule has 0 aliphatic heterocycles. The van der Waals surface area contributed by atoms with Crippen molar-refractivity contribution >= 4 is 33.5 Å². The summed E-state index contributed by atoms with van der Waals surface area (Å²) in [4.78, 5) is 11.4. The highest BCUT2D eigenvalue weighted by molar-refractivity contribution is 14.1. The van der Waals surface area contributed by atoms with Crippen LogP contribution in [0.4, 0.5) is 0 Å². The summed E-state index contributed by atoms with van der Waals surface area (Å²) in [6, 6.07) is 9.50. The van der Waals surface area contributed by atoms with E-state index in [1.54, 1.807) is 29.9 Å². The predicted molar refractivity (Wildman–Crippen MR) is 79.0 cm³/mol. The fraction of sp³-hybridized carbons (Fsp3) is 0.0769. The molecule has 0 saturated heterocycles. The largest absolute Gasteiger partial charge is 0.316 e. The van der Waals surface area contributed by atoms with Gasteiger partial charge < -0.3 is 4.57 Å². The molecule has 90 valence electrons. The molecule has 2 heterocycles. The molecule has 0 atom stereocenters. The molecule has 5 heteroatoms. The lowest BCUT2D eigenvalue weighted by Gasteiger charge is -2.05. The van der Waals surface area contributed by atoms with E-state index in [4.69, 9.17) is 0 Å². The van der Waals surface area contributed by atoms with Gasteiger partial charge in [-0.2, -0.15) is 5.10 Å². The lowest BCUT2D eigenvalue weighted by molar-refractivity contribution is 0.822. The van der Waals surface area contributed by atoms with E-state index in [0.29, 0.717) is 0 Å². The third-order valence-corrected chi connectivity index (χ3v) is 3.52. The summed E-state index contributed by atoms with van der Waals surface area (Å²) in [5, 5.41) is 5.47. The van der Waals surface area contributed by atoms with Crippen LogP contribution in [-0.2, 0) is 7.05 Å². The van der Waals surface area contributed by atoms with Crippen LogP contribution in [-0.4, -0.2) is 14.3 Å². The molecule has 4 nitrogen and oxygen atoms in total. The standard InChI is InChI=1S/C13H10IN3O/c1-16-8-11(3-5-13(16)18)17-12-4-2-10(14)6-9(12)7-15-17/h2-8H,1H3. The number of rotatable bonds is 1. The normalized spacial score (nSPS) is 11.0. The molecule has 1 aromatic carbocycles. The molecule has 3 aromatic rings. The van der Waals surface area contributed by atoms with Crippen molar-refractivity contribution in [2.45, 2.75) is 0 Å². The molecule has 0 fully saturated rings. The molecule has 0 bridgehead atoms. The van der Waals surface area contributed by atoms with Crippen LogP contribution in [0.15, 0.2) is 47.5 Å². The van der Waals surface area contributed by atoms with Crippen molar-refractivity contribution in [2.75, 3.05) is 0 Å². The number of aromatic nitrogens is 3. The average molecular weight is 351 g/mol. The van der Waals surface area contributed by atoms with E-state index in [9.17, 15) is 4.79 Å². The molecular weight excluding hydrogens is 341 g/mol. The highest BCUT2D eigenvalue weighted by atomic mass is 127. The second-order valence-electron chi connectivity index (χ2n) is 4.10. The molecule has 0 aliphatic carbocycles. The van der Waals surface area contributed by atoms with Gasteiger partial charge in [-0.25, -0.2) is 4.68 Å². The number of hydrogen-bond donors (Lipinski definition) is 0. The molecule has 0 unspecified atom stereocenters. The fourth-order valence-electron chi connectivity index (χ4n) is 1.91. The second-order valence-corrected chi connectivity index (χ2v) is 5.34. The number of nitrogens with zero attached hydrogens (tertiary/aromatic N) is 3. The number of pyridine rings is 1. The monoisotopic (exact) mass is 351 g/mol. The van der Waals surface area contributed by atoms with Gasteiger partial charge in [0, 0.05) is 28.3 Å². The highest BCUT2D eigenvalue weighted by Gasteiger charge is 2.05. The molecule has 3 rings (SSSR count). The first-order chi connectivity index (χ1) is 8.65. The quantitative estimate of drug-likeness (QED) is 0.632. The first kappa shape index (κ1) is 11.5. The molecule has 0 radical (unpaired) electrons. The van der Waals surface area contributed by atoms with E-state index in [1.807, 2.05) is 23.0 Å². The average Bonchev–Trinajstić information content (AvgIpc) is 2.75.